The van der Waals surface area contributed by atoms with Crippen LogP contribution in [-0.2, 0) is 0 Å². The standard InChI is InChI=1S/C11H12INO2/c12-9-4-3-8(5-10(9)14)11(15)13-6-7-1-2-7/h3-5,7,14H,1-2,6H2,(H,13,15). The van der Waals surface area contributed by atoms with Crippen LogP contribution >= 0.6 is 22.6 Å². The van der Waals surface area contributed by atoms with E-state index in [0.29, 0.717) is 11.5 Å². The molecule has 2 N–H and O–H groups in total. The molecule has 2 rings (SSSR count). The normalized spacial score (nSPS) is 15.0. The molecule has 0 heterocycles. The third kappa shape index (κ3) is 2.84. The van der Waals surface area contributed by atoms with E-state index < -0.39 is 0 Å². The molecule has 80 valence electrons. The predicted molar refractivity (Wildman–Crippen MR) is 65.9 cm³/mol. The Labute approximate surface area is 102 Å². The first-order chi connectivity index (χ1) is 7.16. The van der Waals surface area contributed by atoms with Crippen LogP contribution in [0.4, 0.5) is 0 Å². The Balaban J connectivity index is 2.00. The lowest BCUT2D eigenvalue weighted by atomic mass is 10.2. The van der Waals surface area contributed by atoms with Crippen LogP contribution in [0, 0.1) is 9.49 Å². The minimum atomic E-state index is -0.103. The fourth-order valence-electron chi connectivity index (χ4n) is 1.31. The molecule has 1 aromatic carbocycles. The van der Waals surface area contributed by atoms with Crippen molar-refractivity contribution >= 4 is 28.5 Å². The highest BCUT2D eigenvalue weighted by molar-refractivity contribution is 14.1. The summed E-state index contributed by atoms with van der Waals surface area (Å²) in [5.74, 6) is 0.731. The summed E-state index contributed by atoms with van der Waals surface area (Å²) in [6.07, 6.45) is 2.44. The van der Waals surface area contributed by atoms with E-state index in [0.717, 1.165) is 10.1 Å². The van der Waals surface area contributed by atoms with Gasteiger partial charge in [0.2, 0.25) is 0 Å². The average Bonchev–Trinajstić information content (AvgIpc) is 3.02. The molecule has 0 unspecified atom stereocenters. The molecule has 0 atom stereocenters. The van der Waals surface area contributed by atoms with Crippen LogP contribution in [0.3, 0.4) is 0 Å². The minimum absolute atomic E-state index is 0.103. The topological polar surface area (TPSA) is 49.3 Å². The lowest BCUT2D eigenvalue weighted by Crippen LogP contribution is -2.25. The first kappa shape index (κ1) is 10.7. The molecular formula is C11H12INO2. The van der Waals surface area contributed by atoms with Crippen molar-refractivity contribution in [2.24, 2.45) is 5.92 Å². The molecule has 1 aromatic rings. The van der Waals surface area contributed by atoms with Crippen molar-refractivity contribution in [2.75, 3.05) is 6.54 Å². The van der Waals surface area contributed by atoms with Crippen molar-refractivity contribution in [1.82, 2.24) is 5.32 Å². The van der Waals surface area contributed by atoms with Gasteiger partial charge >= 0.3 is 0 Å². The zero-order valence-electron chi connectivity index (χ0n) is 8.16. The second-order valence-corrected chi connectivity index (χ2v) is 4.98. The van der Waals surface area contributed by atoms with E-state index in [-0.39, 0.29) is 11.7 Å². The summed E-state index contributed by atoms with van der Waals surface area (Å²) in [7, 11) is 0. The molecule has 1 aliphatic carbocycles. The van der Waals surface area contributed by atoms with Crippen molar-refractivity contribution in [2.45, 2.75) is 12.8 Å². The van der Waals surface area contributed by atoms with E-state index >= 15 is 0 Å². The van der Waals surface area contributed by atoms with E-state index in [2.05, 4.69) is 5.32 Å². The number of carbonyl (C=O) groups is 1. The Morgan fingerprint density at radius 3 is 2.87 bits per heavy atom. The first-order valence-electron chi connectivity index (χ1n) is 4.93. The van der Waals surface area contributed by atoms with Gasteiger partial charge in [-0.3, -0.25) is 4.79 Å². The zero-order chi connectivity index (χ0) is 10.8. The second kappa shape index (κ2) is 4.38. The number of halogens is 1. The van der Waals surface area contributed by atoms with Gasteiger partial charge in [0.1, 0.15) is 5.75 Å². The number of phenols is 1. The molecular weight excluding hydrogens is 305 g/mol. The van der Waals surface area contributed by atoms with Crippen LogP contribution in [0.5, 0.6) is 5.75 Å². The van der Waals surface area contributed by atoms with Gasteiger partial charge in [-0.25, -0.2) is 0 Å². The number of rotatable bonds is 3. The molecule has 0 saturated heterocycles. The number of carbonyl (C=O) groups excluding carboxylic acids is 1. The molecule has 1 aliphatic rings. The predicted octanol–water partition coefficient (Wildman–Crippen LogP) is 2.14. The number of benzene rings is 1. The number of phenolic OH excluding ortho intramolecular Hbond substituents is 1. The van der Waals surface area contributed by atoms with Crippen LogP contribution in [0.15, 0.2) is 18.2 Å². The maximum atomic E-state index is 11.6. The third-order valence-corrected chi connectivity index (χ3v) is 3.37. The highest BCUT2D eigenvalue weighted by Crippen LogP contribution is 2.27. The Morgan fingerprint density at radius 2 is 2.27 bits per heavy atom. The van der Waals surface area contributed by atoms with Crippen LogP contribution in [0.1, 0.15) is 23.2 Å². The molecule has 1 amide bonds. The summed E-state index contributed by atoms with van der Waals surface area (Å²) in [5, 5.41) is 12.3. The maximum absolute atomic E-state index is 11.6. The van der Waals surface area contributed by atoms with E-state index in [1.807, 2.05) is 22.6 Å². The smallest absolute Gasteiger partial charge is 0.251 e. The highest BCUT2D eigenvalue weighted by atomic mass is 127. The van der Waals surface area contributed by atoms with E-state index in [9.17, 15) is 9.90 Å². The van der Waals surface area contributed by atoms with Gasteiger partial charge in [-0.2, -0.15) is 0 Å². The number of nitrogens with one attached hydrogen (secondary N) is 1. The second-order valence-electron chi connectivity index (χ2n) is 3.82. The lowest BCUT2D eigenvalue weighted by Gasteiger charge is -2.05. The summed E-state index contributed by atoms with van der Waals surface area (Å²) in [4.78, 5) is 11.6. The van der Waals surface area contributed by atoms with Gasteiger partial charge in [0, 0.05) is 12.1 Å². The van der Waals surface area contributed by atoms with Crippen molar-refractivity contribution in [3.05, 3.63) is 27.3 Å². The summed E-state index contributed by atoms with van der Waals surface area (Å²) in [6.45, 7) is 0.756. The Kier molecular flexibility index (Phi) is 3.14. The third-order valence-electron chi connectivity index (χ3n) is 2.46. The van der Waals surface area contributed by atoms with Crippen molar-refractivity contribution in [3.63, 3.8) is 0 Å². The summed E-state index contributed by atoms with van der Waals surface area (Å²) < 4.78 is 0.756. The molecule has 0 spiro atoms. The molecule has 4 heteroatoms. The summed E-state index contributed by atoms with van der Waals surface area (Å²) in [6, 6.07) is 4.97. The van der Waals surface area contributed by atoms with Gasteiger partial charge in [-0.05, 0) is 59.5 Å². The fourth-order valence-corrected chi connectivity index (χ4v) is 1.65. The van der Waals surface area contributed by atoms with Crippen LogP contribution in [0.25, 0.3) is 0 Å². The van der Waals surface area contributed by atoms with E-state index in [4.69, 9.17) is 0 Å². The number of hydrogen-bond acceptors (Lipinski definition) is 2. The maximum Gasteiger partial charge on any atom is 0.251 e. The lowest BCUT2D eigenvalue weighted by molar-refractivity contribution is 0.0951. The first-order valence-corrected chi connectivity index (χ1v) is 6.01. The molecule has 1 saturated carbocycles. The van der Waals surface area contributed by atoms with Gasteiger partial charge in [0.05, 0.1) is 3.57 Å². The van der Waals surface area contributed by atoms with Crippen LogP contribution in [-0.4, -0.2) is 17.6 Å². The SMILES string of the molecule is O=C(NCC1CC1)c1ccc(I)c(O)c1. The monoisotopic (exact) mass is 317 g/mol. The quantitative estimate of drug-likeness (QED) is 0.839. The van der Waals surface area contributed by atoms with Crippen LogP contribution < -0.4 is 5.32 Å². The molecule has 0 aromatic heterocycles. The van der Waals surface area contributed by atoms with E-state index in [1.54, 1.807) is 12.1 Å². The fraction of sp³-hybridized carbons (Fsp3) is 0.364. The van der Waals surface area contributed by atoms with Gasteiger partial charge < -0.3 is 10.4 Å². The van der Waals surface area contributed by atoms with E-state index in [1.165, 1.54) is 18.9 Å². The molecule has 0 bridgehead atoms. The Morgan fingerprint density at radius 1 is 1.53 bits per heavy atom. The number of aromatic hydroxyl groups is 1. The van der Waals surface area contributed by atoms with Gasteiger partial charge in [-0.15, -0.1) is 0 Å². The Hall–Kier alpha value is -0.780. The molecule has 3 nitrogen and oxygen atoms in total. The largest absolute Gasteiger partial charge is 0.507 e. The molecule has 0 aliphatic heterocycles. The zero-order valence-corrected chi connectivity index (χ0v) is 10.3. The highest BCUT2D eigenvalue weighted by Gasteiger charge is 2.21. The number of hydrogen-bond donors (Lipinski definition) is 2. The number of amides is 1. The molecule has 0 radical (unpaired) electrons. The average molecular weight is 317 g/mol. The van der Waals surface area contributed by atoms with Crippen molar-refractivity contribution in [1.29, 1.82) is 0 Å². The molecule has 1 fully saturated rings. The van der Waals surface area contributed by atoms with Crippen molar-refractivity contribution < 1.29 is 9.90 Å². The van der Waals surface area contributed by atoms with Gasteiger partial charge in [0.25, 0.3) is 5.91 Å². The Bertz CT molecular complexity index is 388. The minimum Gasteiger partial charge on any atom is -0.507 e. The van der Waals surface area contributed by atoms with Crippen molar-refractivity contribution in [3.8, 4) is 5.75 Å². The molecule has 15 heavy (non-hydrogen) atoms. The summed E-state index contributed by atoms with van der Waals surface area (Å²) >= 11 is 2.02. The van der Waals surface area contributed by atoms with Crippen LogP contribution in [0.2, 0.25) is 0 Å². The van der Waals surface area contributed by atoms with Gasteiger partial charge in [0.15, 0.2) is 0 Å². The summed E-state index contributed by atoms with van der Waals surface area (Å²) in [5.41, 5.74) is 0.522. The van der Waals surface area contributed by atoms with Gasteiger partial charge in [-0.1, -0.05) is 0 Å².